The molecule has 4 aromatic rings. The molecular formula is C47H53ClFN5O4. The number of phenols is 1. The van der Waals surface area contributed by atoms with Gasteiger partial charge in [0.05, 0.1) is 11.7 Å². The first-order chi connectivity index (χ1) is 28.3. The van der Waals surface area contributed by atoms with Gasteiger partial charge in [0, 0.05) is 64.7 Å². The van der Waals surface area contributed by atoms with Crippen LogP contribution in [0.1, 0.15) is 59.9 Å². The maximum Gasteiger partial charge on any atom is 0.243 e. The molecule has 4 aliphatic rings. The van der Waals surface area contributed by atoms with Crippen LogP contribution in [-0.2, 0) is 22.7 Å². The Morgan fingerprint density at radius 2 is 1.47 bits per heavy atom. The minimum Gasteiger partial charge on any atom is -0.508 e. The molecule has 4 aromatic carbocycles. The van der Waals surface area contributed by atoms with E-state index in [4.69, 9.17) is 16.3 Å². The Morgan fingerprint density at radius 1 is 0.793 bits per heavy atom. The van der Waals surface area contributed by atoms with Gasteiger partial charge in [-0.05, 0) is 120 Å². The van der Waals surface area contributed by atoms with Crippen molar-refractivity contribution in [2.75, 3.05) is 69.7 Å². The standard InChI is InChI=1S/C47H53ClFN5O4/c48-19-16-41(34-4-2-1-3-5-34)46(35-6-10-39(55)11-7-35)36-8-12-40(13-9-36)58-27-26-51-20-17-33(18-21-51)30-52-22-24-53(25-23-52)44-29-38-32-54(31-37(38)28-42(44)49)43-14-15-45(56)50-47(43)57/h1-13,28-29,33,43,55H,14-27,30-32H2,(H,50,56,57). The van der Waals surface area contributed by atoms with Gasteiger partial charge in [-0.15, -0.1) is 11.6 Å². The van der Waals surface area contributed by atoms with E-state index in [9.17, 15) is 14.7 Å². The van der Waals surface area contributed by atoms with Crippen LogP contribution in [0.3, 0.4) is 0 Å². The summed E-state index contributed by atoms with van der Waals surface area (Å²) in [6, 6.07) is 29.3. The maximum absolute atomic E-state index is 15.4. The zero-order valence-corrected chi connectivity index (χ0v) is 33.8. The number of carbonyl (C=O) groups is 2. The van der Waals surface area contributed by atoms with Crippen LogP contribution >= 0.6 is 11.6 Å². The number of likely N-dealkylation sites (tertiary alicyclic amines) is 1. The molecule has 2 amide bonds. The molecule has 3 saturated heterocycles. The topological polar surface area (TPSA) is 88.6 Å². The van der Waals surface area contributed by atoms with E-state index in [2.05, 4.69) is 49.2 Å². The largest absolute Gasteiger partial charge is 0.508 e. The number of phenolic OH excluding ortho intramolecular Hbond substituents is 1. The SMILES string of the molecule is O=C1CCC(N2Cc3cc(F)c(N4CCN(CC5CCN(CCOc6ccc(C(=C(CCCl)c7ccccc7)c7ccc(O)cc7)cc6)CC5)CC4)cc3C2)C(=O)N1. The highest BCUT2D eigenvalue weighted by Crippen LogP contribution is 2.37. The van der Waals surface area contributed by atoms with Crippen LogP contribution in [0.2, 0.25) is 0 Å². The number of piperazine rings is 1. The third kappa shape index (κ3) is 9.42. The van der Waals surface area contributed by atoms with Crippen molar-refractivity contribution in [3.63, 3.8) is 0 Å². The number of hydrogen-bond acceptors (Lipinski definition) is 8. The summed E-state index contributed by atoms with van der Waals surface area (Å²) in [5, 5.41) is 12.4. The summed E-state index contributed by atoms with van der Waals surface area (Å²) < 4.78 is 21.7. The van der Waals surface area contributed by atoms with Crippen LogP contribution < -0.4 is 15.0 Å². The van der Waals surface area contributed by atoms with Crippen molar-refractivity contribution in [3.05, 3.63) is 125 Å². The summed E-state index contributed by atoms with van der Waals surface area (Å²) in [7, 11) is 0. The summed E-state index contributed by atoms with van der Waals surface area (Å²) in [5.41, 5.74) is 8.14. The maximum atomic E-state index is 15.4. The van der Waals surface area contributed by atoms with E-state index in [1.807, 2.05) is 48.5 Å². The number of hydrogen-bond donors (Lipinski definition) is 2. The first-order valence-corrected chi connectivity index (χ1v) is 21.3. The van der Waals surface area contributed by atoms with Crippen molar-refractivity contribution in [3.8, 4) is 11.5 Å². The summed E-state index contributed by atoms with van der Waals surface area (Å²) >= 11 is 6.33. The average molecular weight is 806 g/mol. The fourth-order valence-electron chi connectivity index (χ4n) is 9.16. The van der Waals surface area contributed by atoms with Gasteiger partial charge in [-0.3, -0.25) is 29.6 Å². The molecule has 9 nitrogen and oxygen atoms in total. The van der Waals surface area contributed by atoms with Crippen LogP contribution in [-0.4, -0.2) is 103 Å². The monoisotopic (exact) mass is 805 g/mol. The molecule has 0 radical (unpaired) electrons. The van der Waals surface area contributed by atoms with Crippen molar-refractivity contribution in [1.29, 1.82) is 0 Å². The number of benzene rings is 4. The quantitative estimate of drug-likeness (QED) is 0.0838. The Kier molecular flexibility index (Phi) is 12.7. The fraction of sp³-hybridized carbons (Fsp3) is 0.404. The number of halogens is 2. The van der Waals surface area contributed by atoms with Crippen molar-refractivity contribution in [1.82, 2.24) is 20.0 Å². The second-order valence-electron chi connectivity index (χ2n) is 16.1. The Morgan fingerprint density at radius 3 is 2.14 bits per heavy atom. The summed E-state index contributed by atoms with van der Waals surface area (Å²) in [6.45, 7) is 9.26. The van der Waals surface area contributed by atoms with Gasteiger partial charge in [0.15, 0.2) is 0 Å². The number of anilines is 1. The summed E-state index contributed by atoms with van der Waals surface area (Å²) in [6.07, 6.45) is 3.89. The molecule has 0 spiro atoms. The minimum atomic E-state index is -0.346. The second-order valence-corrected chi connectivity index (χ2v) is 16.5. The summed E-state index contributed by atoms with van der Waals surface area (Å²) in [5.74, 6) is 1.57. The number of alkyl halides is 1. The third-order valence-electron chi connectivity index (χ3n) is 12.3. The molecule has 1 atom stereocenters. The number of nitrogens with one attached hydrogen (secondary N) is 1. The van der Waals surface area contributed by atoms with Crippen LogP contribution in [0.5, 0.6) is 11.5 Å². The van der Waals surface area contributed by atoms with E-state index in [1.54, 1.807) is 18.2 Å². The minimum absolute atomic E-state index is 0.196. The first-order valence-electron chi connectivity index (χ1n) is 20.8. The Hall–Kier alpha value is -4.74. The molecule has 3 fully saturated rings. The second kappa shape index (κ2) is 18.5. The van der Waals surface area contributed by atoms with Gasteiger partial charge in [0.1, 0.15) is 23.9 Å². The normalized spacial score (nSPS) is 20.2. The van der Waals surface area contributed by atoms with Crippen molar-refractivity contribution in [2.24, 2.45) is 5.92 Å². The van der Waals surface area contributed by atoms with Gasteiger partial charge < -0.3 is 14.7 Å². The Bertz CT molecular complexity index is 2080. The van der Waals surface area contributed by atoms with Gasteiger partial charge in [0.2, 0.25) is 11.8 Å². The molecule has 4 heterocycles. The number of carbonyl (C=O) groups excluding carboxylic acids is 2. The average Bonchev–Trinajstić information content (AvgIpc) is 3.65. The van der Waals surface area contributed by atoms with Crippen molar-refractivity contribution < 1.29 is 23.8 Å². The first kappa shape index (κ1) is 40.1. The van der Waals surface area contributed by atoms with Crippen LogP contribution in [0, 0.1) is 11.7 Å². The highest BCUT2D eigenvalue weighted by molar-refractivity contribution is 6.18. The number of piperidine rings is 2. The molecular weight excluding hydrogens is 753 g/mol. The number of allylic oxidation sites excluding steroid dienone is 1. The van der Waals surface area contributed by atoms with Crippen LogP contribution in [0.15, 0.2) is 91.0 Å². The predicted molar refractivity (Wildman–Crippen MR) is 227 cm³/mol. The number of ether oxygens (including phenoxy) is 1. The zero-order chi connectivity index (χ0) is 40.0. The van der Waals surface area contributed by atoms with E-state index in [-0.39, 0.29) is 29.4 Å². The molecule has 58 heavy (non-hydrogen) atoms. The molecule has 0 aliphatic carbocycles. The highest BCUT2D eigenvalue weighted by atomic mass is 35.5. The number of rotatable bonds is 13. The number of nitrogens with zero attached hydrogens (tertiary/aromatic N) is 4. The third-order valence-corrected chi connectivity index (χ3v) is 12.5. The van der Waals surface area contributed by atoms with Gasteiger partial charge >= 0.3 is 0 Å². The highest BCUT2D eigenvalue weighted by Gasteiger charge is 2.36. The molecule has 2 N–H and O–H groups in total. The van der Waals surface area contributed by atoms with Gasteiger partial charge in [-0.1, -0.05) is 54.6 Å². The number of amides is 2. The van der Waals surface area contributed by atoms with Crippen LogP contribution in [0.25, 0.3) is 11.1 Å². The molecule has 304 valence electrons. The molecule has 4 aliphatic heterocycles. The lowest BCUT2D eigenvalue weighted by Crippen LogP contribution is -2.50. The van der Waals surface area contributed by atoms with E-state index < -0.39 is 0 Å². The van der Waals surface area contributed by atoms with Gasteiger partial charge in [0.25, 0.3) is 0 Å². The lowest BCUT2D eigenvalue weighted by molar-refractivity contribution is -0.137. The van der Waals surface area contributed by atoms with E-state index in [0.29, 0.717) is 56.4 Å². The lowest BCUT2D eigenvalue weighted by atomic mass is 9.88. The number of aromatic hydroxyl groups is 1. The molecule has 11 heteroatoms. The van der Waals surface area contributed by atoms with Crippen molar-refractivity contribution in [2.45, 2.75) is 51.2 Å². The molecule has 1 unspecified atom stereocenters. The number of imide groups is 1. The van der Waals surface area contributed by atoms with Crippen LogP contribution in [0.4, 0.5) is 10.1 Å². The Labute approximate surface area is 346 Å². The van der Waals surface area contributed by atoms with E-state index in [0.717, 1.165) is 110 Å². The molecule has 0 saturated carbocycles. The van der Waals surface area contributed by atoms with Gasteiger partial charge in [-0.25, -0.2) is 4.39 Å². The fourth-order valence-corrected chi connectivity index (χ4v) is 9.35. The predicted octanol–water partition coefficient (Wildman–Crippen LogP) is 7.15. The van der Waals surface area contributed by atoms with E-state index >= 15 is 4.39 Å². The molecule has 0 bridgehead atoms. The van der Waals surface area contributed by atoms with Crippen molar-refractivity contribution >= 4 is 40.2 Å². The molecule has 0 aromatic heterocycles. The molecule has 8 rings (SSSR count). The lowest BCUT2D eigenvalue weighted by Gasteiger charge is -2.39. The van der Waals surface area contributed by atoms with Gasteiger partial charge in [-0.2, -0.15) is 0 Å². The zero-order valence-electron chi connectivity index (χ0n) is 33.1. The smallest absolute Gasteiger partial charge is 0.243 e. The van der Waals surface area contributed by atoms with E-state index in [1.165, 1.54) is 0 Å². The summed E-state index contributed by atoms with van der Waals surface area (Å²) in [4.78, 5) is 33.4. The Balaban J connectivity index is 0.787. The number of fused-ring (bicyclic) bond motifs is 1.